The van der Waals surface area contributed by atoms with Crippen molar-refractivity contribution in [2.24, 2.45) is 12.8 Å². The van der Waals surface area contributed by atoms with E-state index in [9.17, 15) is 8.42 Å². The zero-order valence-electron chi connectivity index (χ0n) is 10.4. The van der Waals surface area contributed by atoms with Crippen molar-refractivity contribution < 1.29 is 8.42 Å². The number of hydrogen-bond donors (Lipinski definition) is 2. The minimum absolute atomic E-state index is 0. The molecule has 0 aliphatic rings. The SMILES string of the molecule is Cc1c(S(=O)(=O)NC(C)(C)CN)cnn1C.Cl. The summed E-state index contributed by atoms with van der Waals surface area (Å²) in [6, 6.07) is 0. The van der Waals surface area contributed by atoms with E-state index in [1.807, 2.05) is 0 Å². The van der Waals surface area contributed by atoms with Gasteiger partial charge in [-0.1, -0.05) is 0 Å². The van der Waals surface area contributed by atoms with Gasteiger partial charge in [-0.25, -0.2) is 13.1 Å². The van der Waals surface area contributed by atoms with Crippen molar-refractivity contribution >= 4 is 22.4 Å². The van der Waals surface area contributed by atoms with E-state index in [4.69, 9.17) is 5.73 Å². The second-order valence-corrected chi connectivity index (χ2v) is 6.06. The Labute approximate surface area is 108 Å². The van der Waals surface area contributed by atoms with Crippen molar-refractivity contribution in [1.29, 1.82) is 0 Å². The molecule has 8 heteroatoms. The van der Waals surface area contributed by atoms with Crippen LogP contribution in [0.2, 0.25) is 0 Å². The van der Waals surface area contributed by atoms with Crippen LogP contribution in [0.1, 0.15) is 19.5 Å². The number of rotatable bonds is 4. The molecule has 0 fully saturated rings. The summed E-state index contributed by atoms with van der Waals surface area (Å²) in [5, 5.41) is 3.90. The Morgan fingerprint density at radius 2 is 2.06 bits per heavy atom. The van der Waals surface area contributed by atoms with Crippen LogP contribution in [0.15, 0.2) is 11.1 Å². The van der Waals surface area contributed by atoms with Crippen molar-refractivity contribution in [2.45, 2.75) is 31.2 Å². The van der Waals surface area contributed by atoms with E-state index in [-0.39, 0.29) is 23.8 Å². The fourth-order valence-electron chi connectivity index (χ4n) is 1.20. The van der Waals surface area contributed by atoms with Crippen LogP contribution in [-0.2, 0) is 17.1 Å². The Hall–Kier alpha value is -0.630. The van der Waals surface area contributed by atoms with Crippen molar-refractivity contribution in [3.63, 3.8) is 0 Å². The van der Waals surface area contributed by atoms with Gasteiger partial charge in [0.15, 0.2) is 0 Å². The average molecular weight is 283 g/mol. The number of halogens is 1. The number of aromatic nitrogens is 2. The average Bonchev–Trinajstić information content (AvgIpc) is 2.46. The highest BCUT2D eigenvalue weighted by Crippen LogP contribution is 2.15. The highest BCUT2D eigenvalue weighted by molar-refractivity contribution is 7.89. The molecule has 0 bridgehead atoms. The van der Waals surface area contributed by atoms with Gasteiger partial charge in [0.05, 0.1) is 11.9 Å². The van der Waals surface area contributed by atoms with E-state index in [0.29, 0.717) is 5.69 Å². The van der Waals surface area contributed by atoms with E-state index in [0.717, 1.165) is 0 Å². The first-order valence-electron chi connectivity index (χ1n) is 4.92. The molecule has 1 aromatic heterocycles. The molecule has 0 radical (unpaired) electrons. The fourth-order valence-corrected chi connectivity index (χ4v) is 2.83. The standard InChI is InChI=1S/C9H18N4O2S.ClH/c1-7-8(5-11-13(7)4)16(14,15)12-9(2,3)6-10;/h5,12H,6,10H2,1-4H3;1H. The summed E-state index contributed by atoms with van der Waals surface area (Å²) in [4.78, 5) is 0.191. The first kappa shape index (κ1) is 16.4. The third kappa shape index (κ3) is 3.67. The summed E-state index contributed by atoms with van der Waals surface area (Å²) in [5.41, 5.74) is 5.42. The number of nitrogens with one attached hydrogen (secondary N) is 1. The van der Waals surface area contributed by atoms with Gasteiger partial charge in [-0.3, -0.25) is 4.68 Å². The maximum absolute atomic E-state index is 12.0. The van der Waals surface area contributed by atoms with Crippen molar-refractivity contribution in [3.05, 3.63) is 11.9 Å². The highest BCUT2D eigenvalue weighted by Gasteiger charge is 2.27. The maximum Gasteiger partial charge on any atom is 0.244 e. The third-order valence-electron chi connectivity index (χ3n) is 2.40. The van der Waals surface area contributed by atoms with E-state index in [1.165, 1.54) is 10.9 Å². The maximum atomic E-state index is 12.0. The van der Waals surface area contributed by atoms with Crippen LogP contribution in [0.5, 0.6) is 0 Å². The Morgan fingerprint density at radius 1 is 1.53 bits per heavy atom. The molecule has 0 atom stereocenters. The Kier molecular flexibility index (Phi) is 5.15. The zero-order valence-corrected chi connectivity index (χ0v) is 12.0. The monoisotopic (exact) mass is 282 g/mol. The van der Waals surface area contributed by atoms with E-state index in [1.54, 1.807) is 27.8 Å². The van der Waals surface area contributed by atoms with Gasteiger partial charge in [0, 0.05) is 19.1 Å². The second-order valence-electron chi connectivity index (χ2n) is 4.41. The quantitative estimate of drug-likeness (QED) is 0.823. The molecule has 1 heterocycles. The van der Waals surface area contributed by atoms with Crippen LogP contribution in [-0.4, -0.2) is 30.3 Å². The fraction of sp³-hybridized carbons (Fsp3) is 0.667. The number of hydrogen-bond acceptors (Lipinski definition) is 4. The number of sulfonamides is 1. The summed E-state index contributed by atoms with van der Waals surface area (Å²) in [7, 11) is -1.86. The van der Waals surface area contributed by atoms with Crippen LogP contribution in [0.3, 0.4) is 0 Å². The Morgan fingerprint density at radius 3 is 2.41 bits per heavy atom. The molecule has 17 heavy (non-hydrogen) atoms. The summed E-state index contributed by atoms with van der Waals surface area (Å²) < 4.78 is 28.1. The predicted molar refractivity (Wildman–Crippen MR) is 68.6 cm³/mol. The second kappa shape index (κ2) is 5.34. The molecular weight excluding hydrogens is 264 g/mol. The predicted octanol–water partition coefficient (Wildman–Crippen LogP) is 0.166. The lowest BCUT2D eigenvalue weighted by atomic mass is 10.1. The van der Waals surface area contributed by atoms with Crippen LogP contribution in [0.4, 0.5) is 0 Å². The first-order valence-corrected chi connectivity index (χ1v) is 6.40. The topological polar surface area (TPSA) is 90.0 Å². The molecule has 1 aromatic rings. The molecule has 0 aromatic carbocycles. The molecule has 3 N–H and O–H groups in total. The molecule has 0 amide bonds. The molecule has 0 spiro atoms. The van der Waals surface area contributed by atoms with Crippen LogP contribution < -0.4 is 10.5 Å². The Bertz CT molecular complexity index is 481. The van der Waals surface area contributed by atoms with Crippen molar-refractivity contribution in [1.82, 2.24) is 14.5 Å². The van der Waals surface area contributed by atoms with Gasteiger partial charge >= 0.3 is 0 Å². The smallest absolute Gasteiger partial charge is 0.244 e. The summed E-state index contributed by atoms with van der Waals surface area (Å²) in [5.74, 6) is 0. The summed E-state index contributed by atoms with van der Waals surface area (Å²) >= 11 is 0. The minimum atomic E-state index is -3.55. The summed E-state index contributed by atoms with van der Waals surface area (Å²) in [6.07, 6.45) is 1.34. The van der Waals surface area contributed by atoms with E-state index >= 15 is 0 Å². The first-order chi connectivity index (χ1) is 7.19. The molecular formula is C9H19ClN4O2S. The minimum Gasteiger partial charge on any atom is -0.329 e. The molecule has 0 aliphatic carbocycles. The zero-order chi connectivity index (χ0) is 12.6. The van der Waals surface area contributed by atoms with Gasteiger partial charge in [0.25, 0.3) is 0 Å². The largest absolute Gasteiger partial charge is 0.329 e. The van der Waals surface area contributed by atoms with Gasteiger partial charge in [-0.2, -0.15) is 5.10 Å². The number of nitrogens with two attached hydrogens (primary N) is 1. The lowest BCUT2D eigenvalue weighted by Crippen LogP contribution is -2.48. The Balaban J connectivity index is 0.00000256. The number of aryl methyl sites for hydroxylation is 1. The third-order valence-corrected chi connectivity index (χ3v) is 4.20. The molecule has 6 nitrogen and oxygen atoms in total. The van der Waals surface area contributed by atoms with Gasteiger partial charge < -0.3 is 5.73 Å². The van der Waals surface area contributed by atoms with Gasteiger partial charge in [0.2, 0.25) is 10.0 Å². The molecule has 1 rings (SSSR count). The van der Waals surface area contributed by atoms with Crippen LogP contribution in [0.25, 0.3) is 0 Å². The molecule has 0 unspecified atom stereocenters. The lowest BCUT2D eigenvalue weighted by molar-refractivity contribution is 0.462. The van der Waals surface area contributed by atoms with Gasteiger partial charge in [-0.15, -0.1) is 12.4 Å². The summed E-state index contributed by atoms with van der Waals surface area (Å²) in [6.45, 7) is 5.40. The normalized spacial score (nSPS) is 12.3. The van der Waals surface area contributed by atoms with Gasteiger partial charge in [-0.05, 0) is 20.8 Å². The highest BCUT2D eigenvalue weighted by atomic mass is 35.5. The van der Waals surface area contributed by atoms with Crippen LogP contribution >= 0.6 is 12.4 Å². The van der Waals surface area contributed by atoms with Crippen LogP contribution in [0, 0.1) is 6.92 Å². The molecule has 0 saturated carbocycles. The molecule has 0 aliphatic heterocycles. The molecule has 100 valence electrons. The van der Waals surface area contributed by atoms with E-state index < -0.39 is 15.6 Å². The van der Waals surface area contributed by atoms with Crippen molar-refractivity contribution in [3.8, 4) is 0 Å². The van der Waals surface area contributed by atoms with Crippen molar-refractivity contribution in [2.75, 3.05) is 6.54 Å². The van der Waals surface area contributed by atoms with Gasteiger partial charge in [0.1, 0.15) is 4.90 Å². The van der Waals surface area contributed by atoms with E-state index in [2.05, 4.69) is 9.82 Å². The molecule has 0 saturated heterocycles. The number of nitrogens with zero attached hydrogens (tertiary/aromatic N) is 2. The lowest BCUT2D eigenvalue weighted by Gasteiger charge is -2.23.